The van der Waals surface area contributed by atoms with Gasteiger partial charge in [0, 0.05) is 30.3 Å². The van der Waals surface area contributed by atoms with Gasteiger partial charge in [-0.05, 0) is 24.3 Å². The van der Waals surface area contributed by atoms with Gasteiger partial charge in [-0.2, -0.15) is 12.6 Å². The third-order valence-corrected chi connectivity index (χ3v) is 2.28. The molecule has 0 saturated carbocycles. The molecule has 0 unspecified atom stereocenters. The van der Waals surface area contributed by atoms with Gasteiger partial charge in [0.1, 0.15) is 5.82 Å². The van der Waals surface area contributed by atoms with Crippen molar-refractivity contribution in [3.8, 4) is 11.3 Å². The van der Waals surface area contributed by atoms with Crippen LogP contribution in [0.15, 0.2) is 36.7 Å². The van der Waals surface area contributed by atoms with Gasteiger partial charge in [0.25, 0.3) is 0 Å². The number of rotatable bonds is 4. The van der Waals surface area contributed by atoms with Crippen molar-refractivity contribution in [2.75, 3.05) is 17.6 Å². The highest BCUT2D eigenvalue weighted by atomic mass is 32.1. The zero-order chi connectivity index (χ0) is 11.2. The Morgan fingerprint density at radius 2 is 1.88 bits per heavy atom. The lowest BCUT2D eigenvalue weighted by Gasteiger charge is -2.03. The largest absolute Gasteiger partial charge is 0.368 e. The number of nitrogens with zero attached hydrogens (tertiary/aromatic N) is 3. The summed E-state index contributed by atoms with van der Waals surface area (Å²) in [4.78, 5) is 3.96. The monoisotopic (exact) mass is 232 g/mol. The van der Waals surface area contributed by atoms with Gasteiger partial charge in [0.05, 0.1) is 5.69 Å². The first kappa shape index (κ1) is 10.9. The van der Waals surface area contributed by atoms with E-state index in [0.717, 1.165) is 29.4 Å². The van der Waals surface area contributed by atoms with E-state index in [9.17, 15) is 0 Å². The SMILES string of the molecule is SCCNc1ccc(-c2ccncc2)nn1. The van der Waals surface area contributed by atoms with E-state index >= 15 is 0 Å². The second-order valence-electron chi connectivity index (χ2n) is 3.19. The molecule has 2 aromatic heterocycles. The van der Waals surface area contributed by atoms with Crippen molar-refractivity contribution in [1.29, 1.82) is 0 Å². The molecule has 4 nitrogen and oxygen atoms in total. The lowest BCUT2D eigenvalue weighted by Crippen LogP contribution is -2.05. The van der Waals surface area contributed by atoms with E-state index in [4.69, 9.17) is 0 Å². The average molecular weight is 232 g/mol. The fourth-order valence-corrected chi connectivity index (χ4v) is 1.40. The van der Waals surface area contributed by atoms with Crippen molar-refractivity contribution >= 4 is 18.4 Å². The lowest BCUT2D eigenvalue weighted by molar-refractivity contribution is 1.02. The summed E-state index contributed by atoms with van der Waals surface area (Å²) >= 11 is 4.11. The fraction of sp³-hybridized carbons (Fsp3) is 0.182. The normalized spacial score (nSPS) is 10.1. The van der Waals surface area contributed by atoms with Gasteiger partial charge >= 0.3 is 0 Å². The molecule has 0 aliphatic rings. The third-order valence-electron chi connectivity index (χ3n) is 2.06. The van der Waals surface area contributed by atoms with Crippen molar-refractivity contribution in [2.24, 2.45) is 0 Å². The molecule has 0 amide bonds. The van der Waals surface area contributed by atoms with Gasteiger partial charge in [0.2, 0.25) is 0 Å². The van der Waals surface area contributed by atoms with Gasteiger partial charge in [-0.1, -0.05) is 0 Å². The molecule has 0 bridgehead atoms. The first-order valence-electron chi connectivity index (χ1n) is 4.99. The Hall–Kier alpha value is -1.62. The van der Waals surface area contributed by atoms with Crippen LogP contribution in [0.25, 0.3) is 11.3 Å². The molecule has 0 aliphatic carbocycles. The zero-order valence-electron chi connectivity index (χ0n) is 8.67. The molecule has 0 spiro atoms. The predicted molar refractivity (Wildman–Crippen MR) is 67.6 cm³/mol. The van der Waals surface area contributed by atoms with Crippen molar-refractivity contribution in [3.05, 3.63) is 36.7 Å². The molecular formula is C11H12N4S. The molecule has 5 heteroatoms. The molecule has 16 heavy (non-hydrogen) atoms. The van der Waals surface area contributed by atoms with Crippen LogP contribution in [0.4, 0.5) is 5.82 Å². The van der Waals surface area contributed by atoms with Gasteiger partial charge < -0.3 is 5.32 Å². The number of thiol groups is 1. The van der Waals surface area contributed by atoms with Crippen molar-refractivity contribution in [2.45, 2.75) is 0 Å². The first-order valence-corrected chi connectivity index (χ1v) is 5.62. The van der Waals surface area contributed by atoms with Gasteiger partial charge in [-0.3, -0.25) is 4.98 Å². The molecule has 82 valence electrons. The Balaban J connectivity index is 2.13. The summed E-state index contributed by atoms with van der Waals surface area (Å²) in [5, 5.41) is 11.3. The van der Waals surface area contributed by atoms with Crippen LogP contribution in [0.2, 0.25) is 0 Å². The minimum absolute atomic E-state index is 0.770. The van der Waals surface area contributed by atoms with Crippen LogP contribution < -0.4 is 5.32 Å². The molecular weight excluding hydrogens is 220 g/mol. The van der Waals surface area contributed by atoms with Crippen LogP contribution in [-0.2, 0) is 0 Å². The smallest absolute Gasteiger partial charge is 0.148 e. The molecule has 0 aromatic carbocycles. The molecule has 0 radical (unpaired) electrons. The number of pyridine rings is 1. The van der Waals surface area contributed by atoms with E-state index in [1.165, 1.54) is 0 Å². The first-order chi connectivity index (χ1) is 7.90. The number of hydrogen-bond donors (Lipinski definition) is 2. The maximum Gasteiger partial charge on any atom is 0.148 e. The second kappa shape index (κ2) is 5.46. The van der Waals surface area contributed by atoms with Crippen LogP contribution in [-0.4, -0.2) is 27.5 Å². The summed E-state index contributed by atoms with van der Waals surface area (Å²) in [5.74, 6) is 1.54. The summed E-state index contributed by atoms with van der Waals surface area (Å²) in [6.45, 7) is 0.784. The van der Waals surface area contributed by atoms with E-state index in [1.807, 2.05) is 24.3 Å². The molecule has 2 aromatic rings. The highest BCUT2D eigenvalue weighted by molar-refractivity contribution is 7.80. The Kier molecular flexibility index (Phi) is 3.71. The summed E-state index contributed by atoms with van der Waals surface area (Å²) < 4.78 is 0. The van der Waals surface area contributed by atoms with Crippen molar-refractivity contribution < 1.29 is 0 Å². The molecule has 0 atom stereocenters. The van der Waals surface area contributed by atoms with Crippen LogP contribution in [0.3, 0.4) is 0 Å². The lowest BCUT2D eigenvalue weighted by atomic mass is 10.2. The van der Waals surface area contributed by atoms with Crippen LogP contribution in [0.5, 0.6) is 0 Å². The van der Waals surface area contributed by atoms with E-state index in [2.05, 4.69) is 33.1 Å². The topological polar surface area (TPSA) is 50.7 Å². The van der Waals surface area contributed by atoms with E-state index in [-0.39, 0.29) is 0 Å². The number of nitrogens with one attached hydrogen (secondary N) is 1. The van der Waals surface area contributed by atoms with Gasteiger partial charge in [-0.25, -0.2) is 0 Å². The van der Waals surface area contributed by atoms with Crippen molar-refractivity contribution in [1.82, 2.24) is 15.2 Å². The Morgan fingerprint density at radius 3 is 2.50 bits per heavy atom. The zero-order valence-corrected chi connectivity index (χ0v) is 9.56. The van der Waals surface area contributed by atoms with Crippen LogP contribution >= 0.6 is 12.6 Å². The van der Waals surface area contributed by atoms with Crippen LogP contribution in [0.1, 0.15) is 0 Å². The fourth-order valence-electron chi connectivity index (χ4n) is 1.29. The van der Waals surface area contributed by atoms with Crippen LogP contribution in [0, 0.1) is 0 Å². The highest BCUT2D eigenvalue weighted by Crippen LogP contribution is 2.15. The van der Waals surface area contributed by atoms with Gasteiger partial charge in [-0.15, -0.1) is 10.2 Å². The molecule has 2 rings (SSSR count). The number of aromatic nitrogens is 3. The summed E-state index contributed by atoms with van der Waals surface area (Å²) in [7, 11) is 0. The summed E-state index contributed by atoms with van der Waals surface area (Å²) in [6.07, 6.45) is 3.48. The quantitative estimate of drug-likeness (QED) is 0.790. The third kappa shape index (κ3) is 2.70. The van der Waals surface area contributed by atoms with Crippen molar-refractivity contribution in [3.63, 3.8) is 0 Å². The minimum Gasteiger partial charge on any atom is -0.368 e. The number of hydrogen-bond acceptors (Lipinski definition) is 5. The summed E-state index contributed by atoms with van der Waals surface area (Å²) in [6, 6.07) is 7.66. The molecule has 2 heterocycles. The van der Waals surface area contributed by atoms with E-state index in [1.54, 1.807) is 12.4 Å². The van der Waals surface area contributed by atoms with Gasteiger partial charge in [0.15, 0.2) is 0 Å². The Labute approximate surface area is 99.6 Å². The maximum atomic E-state index is 4.14. The molecule has 1 N–H and O–H groups in total. The predicted octanol–water partition coefficient (Wildman–Crippen LogP) is 1.88. The molecule has 0 saturated heterocycles. The second-order valence-corrected chi connectivity index (χ2v) is 3.64. The summed E-state index contributed by atoms with van der Waals surface area (Å²) in [5.41, 5.74) is 1.86. The van der Waals surface area contributed by atoms with E-state index < -0.39 is 0 Å². The Bertz CT molecular complexity index is 429. The Morgan fingerprint density at radius 1 is 1.06 bits per heavy atom. The minimum atomic E-state index is 0.770. The van der Waals surface area contributed by atoms with E-state index in [0.29, 0.717) is 0 Å². The average Bonchev–Trinajstić information content (AvgIpc) is 2.38. The molecule has 0 aliphatic heterocycles. The maximum absolute atomic E-state index is 4.14. The number of anilines is 1. The highest BCUT2D eigenvalue weighted by Gasteiger charge is 1.99. The molecule has 0 fully saturated rings. The standard InChI is InChI=1S/C11H12N4S/c16-8-7-13-11-2-1-10(14-15-11)9-3-5-12-6-4-9/h1-6,16H,7-8H2,(H,13,15).